The van der Waals surface area contributed by atoms with Crippen molar-refractivity contribution in [3.8, 4) is 5.88 Å². The number of imidazole rings is 1. The van der Waals surface area contributed by atoms with Gasteiger partial charge in [-0.1, -0.05) is 12.1 Å². The van der Waals surface area contributed by atoms with E-state index in [1.165, 1.54) is 20.6 Å². The number of hydrogen-bond donors (Lipinski definition) is 1. The maximum Gasteiger partial charge on any atom is 0.328 e. The van der Waals surface area contributed by atoms with E-state index in [2.05, 4.69) is 4.98 Å². The van der Waals surface area contributed by atoms with Gasteiger partial charge in [-0.25, -0.2) is 4.79 Å². The van der Waals surface area contributed by atoms with Crippen molar-refractivity contribution in [3.63, 3.8) is 0 Å². The first kappa shape index (κ1) is 19.4. The van der Waals surface area contributed by atoms with Crippen LogP contribution < -0.4 is 11.2 Å². The molecule has 4 aromatic rings. The molecule has 0 aliphatic heterocycles. The summed E-state index contributed by atoms with van der Waals surface area (Å²) in [6.45, 7) is 0. The van der Waals surface area contributed by atoms with Crippen molar-refractivity contribution in [1.82, 2.24) is 18.5 Å². The van der Waals surface area contributed by atoms with Crippen LogP contribution in [0.15, 0.2) is 52.2 Å². The van der Waals surface area contributed by atoms with Gasteiger partial charge < -0.3 is 9.84 Å². The van der Waals surface area contributed by atoms with Crippen molar-refractivity contribution < 1.29 is 14.6 Å². The number of benzene rings is 1. The molecule has 0 fully saturated rings. The molecule has 154 valence electrons. The lowest BCUT2D eigenvalue weighted by Crippen LogP contribution is -2.24. The summed E-state index contributed by atoms with van der Waals surface area (Å²) in [6, 6.07) is 10.2. The number of pyridine rings is 1. The number of aryl methyl sites for hydroxylation is 2. The topological polar surface area (TPSA) is 108 Å². The predicted octanol–water partition coefficient (Wildman–Crippen LogP) is 1.29. The van der Waals surface area contributed by atoms with E-state index in [0.29, 0.717) is 22.2 Å². The van der Waals surface area contributed by atoms with Crippen LogP contribution in [-0.4, -0.2) is 36.7 Å². The SMILES string of the molecule is COC(=O)CC(c1ccc2c(c1)n(C)c(=O)n2C)c1c(O)nc2ccccn2c1=O. The van der Waals surface area contributed by atoms with E-state index >= 15 is 0 Å². The standard InChI is InChI=1S/C21H20N4O5/c1-23-14-8-7-12(10-15(14)24(2)21(23)29)13(11-17(26)30-3)18-19(27)22-16-6-4-5-9-25(16)20(18)28/h4-10,13,27H,11H2,1-3H3. The Morgan fingerprint density at radius 2 is 1.87 bits per heavy atom. The summed E-state index contributed by atoms with van der Waals surface area (Å²) in [6.07, 6.45) is 1.37. The minimum atomic E-state index is -0.811. The quantitative estimate of drug-likeness (QED) is 0.510. The van der Waals surface area contributed by atoms with Gasteiger partial charge in [0.05, 0.1) is 30.1 Å². The molecule has 0 amide bonds. The zero-order chi connectivity index (χ0) is 21.6. The number of carbonyl (C=O) groups excluding carboxylic acids is 1. The Kier molecular flexibility index (Phi) is 4.65. The van der Waals surface area contributed by atoms with E-state index < -0.39 is 23.3 Å². The maximum atomic E-state index is 13.2. The van der Waals surface area contributed by atoms with Gasteiger partial charge in [-0.05, 0) is 29.8 Å². The summed E-state index contributed by atoms with van der Waals surface area (Å²) in [4.78, 5) is 41.7. The molecule has 9 nitrogen and oxygen atoms in total. The minimum absolute atomic E-state index is 0.00983. The molecule has 30 heavy (non-hydrogen) atoms. The third kappa shape index (κ3) is 2.95. The lowest BCUT2D eigenvalue weighted by atomic mass is 9.89. The molecule has 0 aliphatic rings. The number of hydrogen-bond acceptors (Lipinski definition) is 6. The average molecular weight is 408 g/mol. The van der Waals surface area contributed by atoms with E-state index in [-0.39, 0.29) is 17.7 Å². The number of aromatic hydroxyl groups is 1. The Balaban J connectivity index is 1.99. The third-order valence-corrected chi connectivity index (χ3v) is 5.39. The first-order chi connectivity index (χ1) is 14.3. The van der Waals surface area contributed by atoms with Crippen molar-refractivity contribution in [1.29, 1.82) is 0 Å². The molecule has 9 heteroatoms. The fourth-order valence-corrected chi connectivity index (χ4v) is 3.77. The molecule has 1 aromatic carbocycles. The average Bonchev–Trinajstić information content (AvgIpc) is 2.96. The van der Waals surface area contributed by atoms with Crippen LogP contribution in [0.4, 0.5) is 0 Å². The second-order valence-corrected chi connectivity index (χ2v) is 7.06. The molecule has 0 saturated carbocycles. The zero-order valence-electron chi connectivity index (χ0n) is 16.7. The maximum absolute atomic E-state index is 13.2. The summed E-state index contributed by atoms with van der Waals surface area (Å²) in [5.41, 5.74) is 1.55. The second-order valence-electron chi connectivity index (χ2n) is 7.06. The molecule has 1 unspecified atom stereocenters. The number of fused-ring (bicyclic) bond motifs is 2. The molecule has 0 spiro atoms. The van der Waals surface area contributed by atoms with Gasteiger partial charge in [0.15, 0.2) is 0 Å². The van der Waals surface area contributed by atoms with E-state index in [9.17, 15) is 19.5 Å². The van der Waals surface area contributed by atoms with Crippen LogP contribution in [0.5, 0.6) is 5.88 Å². The normalized spacial score (nSPS) is 12.4. The highest BCUT2D eigenvalue weighted by Crippen LogP contribution is 2.32. The van der Waals surface area contributed by atoms with Crippen LogP contribution in [0.25, 0.3) is 16.7 Å². The number of ether oxygens (including phenoxy) is 1. The molecule has 0 bridgehead atoms. The number of carbonyl (C=O) groups is 1. The number of aromatic nitrogens is 4. The Morgan fingerprint density at radius 1 is 1.13 bits per heavy atom. The van der Waals surface area contributed by atoms with Crippen molar-refractivity contribution in [2.24, 2.45) is 14.1 Å². The monoisotopic (exact) mass is 408 g/mol. The van der Waals surface area contributed by atoms with Gasteiger partial charge in [-0.3, -0.25) is 23.1 Å². The lowest BCUT2D eigenvalue weighted by Gasteiger charge is -2.18. The van der Waals surface area contributed by atoms with Crippen LogP contribution in [0.3, 0.4) is 0 Å². The highest BCUT2D eigenvalue weighted by Gasteiger charge is 2.27. The number of esters is 1. The summed E-state index contributed by atoms with van der Waals surface area (Å²) in [7, 11) is 4.57. The Bertz CT molecular complexity index is 1410. The van der Waals surface area contributed by atoms with Gasteiger partial charge in [0.2, 0.25) is 5.88 Å². The number of nitrogens with zero attached hydrogens (tertiary/aromatic N) is 4. The Labute approximate surface area is 170 Å². The van der Waals surface area contributed by atoms with Crippen molar-refractivity contribution in [3.05, 3.63) is 74.6 Å². The van der Waals surface area contributed by atoms with Gasteiger partial charge >= 0.3 is 11.7 Å². The molecular weight excluding hydrogens is 388 g/mol. The first-order valence-corrected chi connectivity index (χ1v) is 9.26. The highest BCUT2D eigenvalue weighted by molar-refractivity contribution is 5.78. The molecular formula is C21H20N4O5. The minimum Gasteiger partial charge on any atom is -0.493 e. The molecule has 0 aliphatic carbocycles. The molecule has 1 atom stereocenters. The van der Waals surface area contributed by atoms with Crippen LogP contribution in [-0.2, 0) is 23.6 Å². The Morgan fingerprint density at radius 3 is 2.60 bits per heavy atom. The molecule has 1 N–H and O–H groups in total. The predicted molar refractivity (Wildman–Crippen MR) is 110 cm³/mol. The molecule has 0 radical (unpaired) electrons. The fraction of sp³-hybridized carbons (Fsp3) is 0.238. The van der Waals surface area contributed by atoms with Crippen LogP contribution in [0.1, 0.15) is 23.5 Å². The van der Waals surface area contributed by atoms with E-state index in [4.69, 9.17) is 4.74 Å². The van der Waals surface area contributed by atoms with Crippen LogP contribution in [0.2, 0.25) is 0 Å². The fourth-order valence-electron chi connectivity index (χ4n) is 3.77. The Hall–Kier alpha value is -3.88. The third-order valence-electron chi connectivity index (χ3n) is 5.39. The zero-order valence-corrected chi connectivity index (χ0v) is 16.7. The summed E-state index contributed by atoms with van der Waals surface area (Å²) >= 11 is 0. The van der Waals surface area contributed by atoms with E-state index in [0.717, 1.165) is 0 Å². The largest absolute Gasteiger partial charge is 0.493 e. The molecule has 0 saturated heterocycles. The van der Waals surface area contributed by atoms with Crippen molar-refractivity contribution >= 4 is 22.6 Å². The highest BCUT2D eigenvalue weighted by atomic mass is 16.5. The molecule has 3 heterocycles. The lowest BCUT2D eigenvalue weighted by molar-refractivity contribution is -0.140. The van der Waals surface area contributed by atoms with Crippen LogP contribution >= 0.6 is 0 Å². The number of methoxy groups -OCH3 is 1. The van der Waals surface area contributed by atoms with Gasteiger partial charge in [0.25, 0.3) is 5.56 Å². The molecule has 3 aromatic heterocycles. The van der Waals surface area contributed by atoms with E-state index in [1.807, 2.05) is 0 Å². The smallest absolute Gasteiger partial charge is 0.328 e. The van der Waals surface area contributed by atoms with Crippen molar-refractivity contribution in [2.45, 2.75) is 12.3 Å². The summed E-state index contributed by atoms with van der Waals surface area (Å²) < 4.78 is 9.13. The van der Waals surface area contributed by atoms with Gasteiger partial charge in [0.1, 0.15) is 5.65 Å². The van der Waals surface area contributed by atoms with Crippen molar-refractivity contribution in [2.75, 3.05) is 7.11 Å². The van der Waals surface area contributed by atoms with Gasteiger partial charge in [0, 0.05) is 26.2 Å². The summed E-state index contributed by atoms with van der Waals surface area (Å²) in [5, 5.41) is 10.6. The number of rotatable bonds is 4. The first-order valence-electron chi connectivity index (χ1n) is 9.26. The molecule has 4 rings (SSSR count). The van der Waals surface area contributed by atoms with E-state index in [1.54, 1.807) is 56.7 Å². The van der Waals surface area contributed by atoms with Gasteiger partial charge in [-0.15, -0.1) is 0 Å². The summed E-state index contributed by atoms with van der Waals surface area (Å²) in [5.74, 6) is -1.80. The van der Waals surface area contributed by atoms with Crippen LogP contribution in [0, 0.1) is 0 Å². The second kappa shape index (κ2) is 7.18. The van der Waals surface area contributed by atoms with Gasteiger partial charge in [-0.2, -0.15) is 4.98 Å².